The first kappa shape index (κ1) is 29.8. The van der Waals surface area contributed by atoms with Crippen molar-refractivity contribution in [1.29, 1.82) is 10.5 Å². The number of aryl methyl sites for hydroxylation is 1. The highest BCUT2D eigenvalue weighted by Crippen LogP contribution is 2.39. The molecule has 0 unspecified atom stereocenters. The van der Waals surface area contributed by atoms with Gasteiger partial charge < -0.3 is 24.3 Å². The first-order valence-electron chi connectivity index (χ1n) is 15.5. The molecule has 2 saturated heterocycles. The Labute approximate surface area is 257 Å². The molecule has 0 saturated carbocycles. The molecule has 4 aliphatic rings. The van der Waals surface area contributed by atoms with E-state index in [1.807, 2.05) is 0 Å². The van der Waals surface area contributed by atoms with Crippen LogP contribution in [-0.4, -0.2) is 89.1 Å². The van der Waals surface area contributed by atoms with Gasteiger partial charge >= 0.3 is 0 Å². The number of hydrogen-bond acceptors (Lipinski definition) is 10. The molecule has 0 spiro atoms. The average molecular weight is 600 g/mol. The maximum Gasteiger partial charge on any atom is 0.282 e. The fourth-order valence-corrected chi connectivity index (χ4v) is 7.17. The summed E-state index contributed by atoms with van der Waals surface area (Å²) < 4.78 is 20.2. The minimum atomic E-state index is -1.04. The second-order valence-corrected chi connectivity index (χ2v) is 12.1. The first-order chi connectivity index (χ1) is 21.4. The molecular formula is C32H38FN9O2. The van der Waals surface area contributed by atoms with Crippen LogP contribution in [0.2, 0.25) is 0 Å². The van der Waals surface area contributed by atoms with Crippen LogP contribution in [0.5, 0.6) is 5.88 Å². The van der Waals surface area contributed by atoms with Gasteiger partial charge in [0.1, 0.15) is 30.4 Å². The zero-order valence-electron chi connectivity index (χ0n) is 25.3. The van der Waals surface area contributed by atoms with E-state index in [2.05, 4.69) is 45.4 Å². The average Bonchev–Trinajstić information content (AvgIpc) is 3.46. The number of fused-ring (bicyclic) bond motifs is 2. The summed E-state index contributed by atoms with van der Waals surface area (Å²) in [6, 6.07) is 4.22. The summed E-state index contributed by atoms with van der Waals surface area (Å²) in [6.07, 6.45) is 8.63. The monoisotopic (exact) mass is 599 g/mol. The number of carbonyl (C=O) groups excluding carboxylic acids is 1. The third kappa shape index (κ3) is 5.67. The summed E-state index contributed by atoms with van der Waals surface area (Å²) in [4.78, 5) is 34.8. The van der Waals surface area contributed by atoms with Crippen molar-refractivity contribution in [1.82, 2.24) is 24.8 Å². The second-order valence-electron chi connectivity index (χ2n) is 12.1. The van der Waals surface area contributed by atoms with Gasteiger partial charge in [0.2, 0.25) is 5.88 Å². The van der Waals surface area contributed by atoms with Gasteiger partial charge in [0.25, 0.3) is 5.91 Å². The van der Waals surface area contributed by atoms with Crippen LogP contribution in [0, 0.1) is 22.7 Å². The van der Waals surface area contributed by atoms with Crippen molar-refractivity contribution in [2.75, 3.05) is 56.2 Å². The fraction of sp³-hybridized carbons (Fsp3) is 0.562. The Morgan fingerprint density at radius 2 is 1.89 bits per heavy atom. The standard InChI is InChI=1S/C32H38FN9O2/c1-21(33)32(43)42-15-14-40(17-22(42)9-11-34)29-24-10-13-41(30-25-7-3-4-8-27(25)36-20-37-30)18-28(24)38-31(26(29)16-35)44-19-23-6-5-12-39(23)2/h20,22-23H,1,3-10,12-15,17-19H2,2H3/t22-,23-/m0/s1. The number of likely N-dealkylation sites (N-methyl/N-ethyl adjacent to an activating group) is 1. The molecule has 0 N–H and O–H groups in total. The van der Waals surface area contributed by atoms with Gasteiger partial charge in [-0.25, -0.2) is 19.3 Å². The Morgan fingerprint density at radius 3 is 2.64 bits per heavy atom. The van der Waals surface area contributed by atoms with Crippen LogP contribution < -0.4 is 14.5 Å². The molecule has 12 heteroatoms. The number of piperazine rings is 1. The van der Waals surface area contributed by atoms with Crippen molar-refractivity contribution in [2.24, 2.45) is 0 Å². The van der Waals surface area contributed by atoms with E-state index in [0.29, 0.717) is 44.1 Å². The SMILES string of the molecule is C=C(F)C(=O)N1CCN(c2c(C#N)c(OC[C@@H]3CCCN3C)nc3c2CCN(c2ncnc4c2CCCC4)C3)C[C@@H]1CC#N. The fourth-order valence-electron chi connectivity index (χ4n) is 7.17. The van der Waals surface area contributed by atoms with E-state index in [1.54, 1.807) is 6.33 Å². The van der Waals surface area contributed by atoms with Gasteiger partial charge in [-0.1, -0.05) is 6.58 Å². The van der Waals surface area contributed by atoms with E-state index >= 15 is 0 Å². The highest BCUT2D eigenvalue weighted by Gasteiger charge is 2.36. The molecular weight excluding hydrogens is 561 g/mol. The quantitative estimate of drug-likeness (QED) is 0.439. The Morgan fingerprint density at radius 1 is 1.05 bits per heavy atom. The highest BCUT2D eigenvalue weighted by atomic mass is 19.1. The second kappa shape index (κ2) is 12.7. The molecule has 0 bridgehead atoms. The van der Waals surface area contributed by atoms with Crippen molar-refractivity contribution < 1.29 is 13.9 Å². The van der Waals surface area contributed by atoms with Crippen LogP contribution >= 0.6 is 0 Å². The number of nitrogens with zero attached hydrogens (tertiary/aromatic N) is 9. The molecule has 1 aliphatic carbocycles. The third-order valence-electron chi connectivity index (χ3n) is 9.51. The lowest BCUT2D eigenvalue weighted by atomic mass is 9.94. The number of rotatable bonds is 7. The van der Waals surface area contributed by atoms with E-state index in [1.165, 1.54) is 10.5 Å². The molecule has 230 valence electrons. The third-order valence-corrected chi connectivity index (χ3v) is 9.51. The molecule has 3 aliphatic heterocycles. The predicted molar refractivity (Wildman–Crippen MR) is 162 cm³/mol. The van der Waals surface area contributed by atoms with Gasteiger partial charge in [-0.05, 0) is 58.5 Å². The Hall–Kier alpha value is -4.29. The maximum atomic E-state index is 13.9. The number of anilines is 2. The van der Waals surface area contributed by atoms with Gasteiger partial charge in [0.15, 0.2) is 5.83 Å². The molecule has 44 heavy (non-hydrogen) atoms. The Balaban J connectivity index is 1.37. The van der Waals surface area contributed by atoms with Crippen LogP contribution in [-0.2, 0) is 30.6 Å². The normalized spacial score (nSPS) is 21.7. The summed E-state index contributed by atoms with van der Waals surface area (Å²) in [7, 11) is 2.08. The van der Waals surface area contributed by atoms with Crippen LogP contribution in [0.15, 0.2) is 18.7 Å². The summed E-state index contributed by atoms with van der Waals surface area (Å²) in [5.41, 5.74) is 5.24. The van der Waals surface area contributed by atoms with Crippen molar-refractivity contribution >= 4 is 17.4 Å². The number of nitriles is 2. The number of amides is 1. The van der Waals surface area contributed by atoms with Gasteiger partial charge in [-0.3, -0.25) is 4.79 Å². The van der Waals surface area contributed by atoms with Crippen molar-refractivity contribution in [3.63, 3.8) is 0 Å². The number of carbonyl (C=O) groups is 1. The molecule has 0 aromatic carbocycles. The maximum absolute atomic E-state index is 13.9. The van der Waals surface area contributed by atoms with Gasteiger partial charge in [-0.15, -0.1) is 0 Å². The molecule has 0 radical (unpaired) electrons. The Bertz CT molecular complexity index is 1530. The van der Waals surface area contributed by atoms with Crippen LogP contribution in [0.1, 0.15) is 60.2 Å². The molecule has 2 aromatic heterocycles. The Kier molecular flexibility index (Phi) is 8.62. The zero-order valence-corrected chi connectivity index (χ0v) is 25.3. The molecule has 11 nitrogen and oxygen atoms in total. The minimum absolute atomic E-state index is 0.0364. The number of halogens is 1. The van der Waals surface area contributed by atoms with Crippen molar-refractivity contribution in [3.8, 4) is 18.0 Å². The van der Waals surface area contributed by atoms with E-state index in [4.69, 9.17) is 14.7 Å². The largest absolute Gasteiger partial charge is 0.475 e. The van der Waals surface area contributed by atoms with Gasteiger partial charge in [0.05, 0.1) is 36.5 Å². The smallest absolute Gasteiger partial charge is 0.282 e. The molecule has 2 fully saturated rings. The van der Waals surface area contributed by atoms with Crippen LogP contribution in [0.25, 0.3) is 0 Å². The van der Waals surface area contributed by atoms with Gasteiger partial charge in [-0.2, -0.15) is 10.5 Å². The predicted octanol–water partition coefficient (Wildman–Crippen LogP) is 3.07. The number of hydrogen-bond donors (Lipinski definition) is 0. The topological polar surface area (TPSA) is 126 Å². The molecule has 5 heterocycles. The minimum Gasteiger partial charge on any atom is -0.475 e. The molecule has 2 aromatic rings. The van der Waals surface area contributed by atoms with Crippen molar-refractivity contribution in [3.05, 3.63) is 46.8 Å². The van der Waals surface area contributed by atoms with Crippen LogP contribution in [0.3, 0.4) is 0 Å². The molecule has 2 atom stereocenters. The zero-order chi connectivity index (χ0) is 30.8. The summed E-state index contributed by atoms with van der Waals surface area (Å²) in [5, 5.41) is 20.1. The summed E-state index contributed by atoms with van der Waals surface area (Å²) >= 11 is 0. The lowest BCUT2D eigenvalue weighted by molar-refractivity contribution is -0.131. The van der Waals surface area contributed by atoms with Crippen LogP contribution in [0.4, 0.5) is 15.9 Å². The number of aromatic nitrogens is 3. The number of likely N-dealkylation sites (tertiary alicyclic amines) is 1. The van der Waals surface area contributed by atoms with Crippen molar-refractivity contribution in [2.45, 2.75) is 70.0 Å². The lowest BCUT2D eigenvalue weighted by Crippen LogP contribution is -2.55. The van der Waals surface area contributed by atoms with E-state index in [-0.39, 0.29) is 25.6 Å². The number of ether oxygens (including phenoxy) is 1. The lowest BCUT2D eigenvalue weighted by Gasteiger charge is -2.43. The summed E-state index contributed by atoms with van der Waals surface area (Å²) in [6.45, 7) is 6.69. The molecule has 1 amide bonds. The summed E-state index contributed by atoms with van der Waals surface area (Å²) in [5.74, 6) is -0.577. The van der Waals surface area contributed by atoms with E-state index in [9.17, 15) is 19.7 Å². The van der Waals surface area contributed by atoms with E-state index < -0.39 is 17.8 Å². The first-order valence-corrected chi connectivity index (χ1v) is 15.5. The van der Waals surface area contributed by atoms with E-state index in [0.717, 1.165) is 73.5 Å². The number of pyridine rings is 1. The van der Waals surface area contributed by atoms with Gasteiger partial charge in [0, 0.05) is 49.0 Å². The highest BCUT2D eigenvalue weighted by molar-refractivity contribution is 5.91. The molecule has 6 rings (SSSR count).